The van der Waals surface area contributed by atoms with Crippen molar-refractivity contribution < 1.29 is 9.53 Å². The molecule has 0 saturated heterocycles. The van der Waals surface area contributed by atoms with E-state index in [2.05, 4.69) is 17.2 Å². The third-order valence-electron chi connectivity index (χ3n) is 0.950. The van der Waals surface area contributed by atoms with Crippen LogP contribution in [-0.2, 0) is 9.53 Å². The first kappa shape index (κ1) is 9.99. The van der Waals surface area contributed by atoms with Gasteiger partial charge < -0.3 is 10.1 Å². The van der Waals surface area contributed by atoms with Gasteiger partial charge in [0.1, 0.15) is 6.61 Å². The van der Waals surface area contributed by atoms with Gasteiger partial charge in [0, 0.05) is 13.0 Å². The number of carbonyl (C=O) groups excluding carboxylic acids is 1. The van der Waals surface area contributed by atoms with Crippen molar-refractivity contribution in [3.05, 3.63) is 0 Å². The van der Waals surface area contributed by atoms with Gasteiger partial charge in [-0.05, 0) is 0 Å². The zero-order chi connectivity index (χ0) is 8.36. The molecule has 0 aliphatic carbocycles. The maximum Gasteiger partial charge on any atom is 0.207 e. The van der Waals surface area contributed by atoms with Gasteiger partial charge >= 0.3 is 0 Å². The molecule has 0 aromatic rings. The summed E-state index contributed by atoms with van der Waals surface area (Å²) in [5.74, 6) is 5.70. The van der Waals surface area contributed by atoms with Gasteiger partial charge in [0.15, 0.2) is 0 Å². The SMILES string of the molecule is CCC#CCOCCNC=O. The molecule has 0 radical (unpaired) electrons. The van der Waals surface area contributed by atoms with Crippen LogP contribution in [0.2, 0.25) is 0 Å². The fourth-order valence-electron chi connectivity index (χ4n) is 0.489. The van der Waals surface area contributed by atoms with E-state index in [1.807, 2.05) is 6.92 Å². The second-order valence-electron chi connectivity index (χ2n) is 1.83. The Labute approximate surface area is 67.1 Å². The van der Waals surface area contributed by atoms with Crippen molar-refractivity contribution in [3.8, 4) is 11.8 Å². The predicted molar refractivity (Wildman–Crippen MR) is 43.0 cm³/mol. The van der Waals surface area contributed by atoms with Gasteiger partial charge in [-0.1, -0.05) is 12.8 Å². The molecule has 0 unspecified atom stereocenters. The highest BCUT2D eigenvalue weighted by Crippen LogP contribution is 1.72. The molecule has 0 bridgehead atoms. The van der Waals surface area contributed by atoms with E-state index in [0.717, 1.165) is 6.42 Å². The molecular formula is C8H13NO2. The van der Waals surface area contributed by atoms with E-state index in [9.17, 15) is 4.79 Å². The first-order chi connectivity index (χ1) is 5.41. The molecule has 0 aromatic heterocycles. The summed E-state index contributed by atoms with van der Waals surface area (Å²) in [6.07, 6.45) is 1.51. The standard InChI is InChI=1S/C8H13NO2/c1-2-3-4-6-11-7-5-9-8-10/h8H,2,5-7H2,1H3,(H,9,10). The maximum atomic E-state index is 9.75. The van der Waals surface area contributed by atoms with Gasteiger partial charge in [-0.15, -0.1) is 5.92 Å². The number of carbonyl (C=O) groups is 1. The monoisotopic (exact) mass is 155 g/mol. The molecule has 0 aromatic carbocycles. The Kier molecular flexibility index (Phi) is 8.16. The Morgan fingerprint density at radius 2 is 2.36 bits per heavy atom. The summed E-state index contributed by atoms with van der Waals surface area (Å²) in [6.45, 7) is 3.52. The van der Waals surface area contributed by atoms with E-state index in [1.165, 1.54) is 0 Å². The molecule has 62 valence electrons. The minimum atomic E-state index is 0.453. The third-order valence-corrected chi connectivity index (χ3v) is 0.950. The zero-order valence-electron chi connectivity index (χ0n) is 6.72. The molecule has 0 spiro atoms. The fraction of sp³-hybridized carbons (Fsp3) is 0.625. The lowest BCUT2D eigenvalue weighted by atomic mass is 10.5. The van der Waals surface area contributed by atoms with Crippen molar-refractivity contribution in [3.63, 3.8) is 0 Å². The Bertz CT molecular complexity index is 146. The Hall–Kier alpha value is -1.01. The van der Waals surface area contributed by atoms with Crippen LogP contribution in [0.3, 0.4) is 0 Å². The molecule has 0 heterocycles. The molecule has 0 atom stereocenters. The van der Waals surface area contributed by atoms with Crippen molar-refractivity contribution in [2.45, 2.75) is 13.3 Å². The van der Waals surface area contributed by atoms with Crippen molar-refractivity contribution in [2.75, 3.05) is 19.8 Å². The van der Waals surface area contributed by atoms with Gasteiger partial charge in [-0.3, -0.25) is 4.79 Å². The predicted octanol–water partition coefficient (Wildman–Crippen LogP) is 0.162. The van der Waals surface area contributed by atoms with E-state index in [-0.39, 0.29) is 0 Å². The summed E-state index contributed by atoms with van der Waals surface area (Å²) in [5.41, 5.74) is 0. The molecule has 3 nitrogen and oxygen atoms in total. The lowest BCUT2D eigenvalue weighted by molar-refractivity contribution is -0.109. The topological polar surface area (TPSA) is 38.3 Å². The highest BCUT2D eigenvalue weighted by atomic mass is 16.5. The molecule has 0 saturated carbocycles. The van der Waals surface area contributed by atoms with Crippen LogP contribution >= 0.6 is 0 Å². The Morgan fingerprint density at radius 1 is 1.55 bits per heavy atom. The van der Waals surface area contributed by atoms with E-state index >= 15 is 0 Å². The number of rotatable bonds is 5. The largest absolute Gasteiger partial charge is 0.367 e. The average Bonchev–Trinajstić information content (AvgIpc) is 2.03. The number of nitrogens with one attached hydrogen (secondary N) is 1. The van der Waals surface area contributed by atoms with E-state index < -0.39 is 0 Å². The summed E-state index contributed by atoms with van der Waals surface area (Å²) in [4.78, 5) is 9.75. The van der Waals surface area contributed by atoms with Crippen LogP contribution in [0.15, 0.2) is 0 Å². The number of hydrogen-bond donors (Lipinski definition) is 1. The highest BCUT2D eigenvalue weighted by molar-refractivity contribution is 5.45. The normalized spacial score (nSPS) is 8.09. The van der Waals surface area contributed by atoms with Crippen molar-refractivity contribution in [1.82, 2.24) is 5.32 Å². The first-order valence-corrected chi connectivity index (χ1v) is 3.62. The summed E-state index contributed by atoms with van der Waals surface area (Å²) >= 11 is 0. The maximum absolute atomic E-state index is 9.75. The number of amides is 1. The molecule has 1 N–H and O–H groups in total. The summed E-state index contributed by atoms with van der Waals surface area (Å²) < 4.78 is 5.04. The van der Waals surface area contributed by atoms with E-state index in [1.54, 1.807) is 0 Å². The number of ether oxygens (including phenoxy) is 1. The van der Waals surface area contributed by atoms with Gasteiger partial charge in [0.2, 0.25) is 6.41 Å². The van der Waals surface area contributed by atoms with Gasteiger partial charge in [0.25, 0.3) is 0 Å². The van der Waals surface area contributed by atoms with Crippen LogP contribution in [0.5, 0.6) is 0 Å². The van der Waals surface area contributed by atoms with Crippen LogP contribution in [-0.4, -0.2) is 26.2 Å². The smallest absolute Gasteiger partial charge is 0.207 e. The third kappa shape index (κ3) is 8.99. The molecule has 0 fully saturated rings. The molecule has 1 amide bonds. The highest BCUT2D eigenvalue weighted by Gasteiger charge is 1.81. The van der Waals surface area contributed by atoms with Crippen LogP contribution in [0.25, 0.3) is 0 Å². The molecular weight excluding hydrogens is 142 g/mol. The minimum Gasteiger partial charge on any atom is -0.367 e. The van der Waals surface area contributed by atoms with Gasteiger partial charge in [-0.25, -0.2) is 0 Å². The second kappa shape index (κ2) is 8.99. The quantitative estimate of drug-likeness (QED) is 0.349. The van der Waals surface area contributed by atoms with Gasteiger partial charge in [0.05, 0.1) is 6.61 Å². The lowest BCUT2D eigenvalue weighted by Gasteiger charge is -1.96. The lowest BCUT2D eigenvalue weighted by Crippen LogP contribution is -2.17. The Morgan fingerprint density at radius 3 is 3.00 bits per heavy atom. The van der Waals surface area contributed by atoms with Crippen molar-refractivity contribution >= 4 is 6.41 Å². The zero-order valence-corrected chi connectivity index (χ0v) is 6.72. The van der Waals surface area contributed by atoms with Crippen LogP contribution in [0.1, 0.15) is 13.3 Å². The minimum absolute atomic E-state index is 0.453. The van der Waals surface area contributed by atoms with Gasteiger partial charge in [-0.2, -0.15) is 0 Å². The van der Waals surface area contributed by atoms with Crippen LogP contribution in [0.4, 0.5) is 0 Å². The second-order valence-corrected chi connectivity index (χ2v) is 1.83. The van der Waals surface area contributed by atoms with E-state index in [4.69, 9.17) is 4.74 Å². The first-order valence-electron chi connectivity index (χ1n) is 3.62. The molecule has 0 aliphatic heterocycles. The average molecular weight is 155 g/mol. The van der Waals surface area contributed by atoms with Crippen LogP contribution < -0.4 is 5.32 Å². The summed E-state index contributed by atoms with van der Waals surface area (Å²) in [5, 5.41) is 2.49. The summed E-state index contributed by atoms with van der Waals surface area (Å²) in [6, 6.07) is 0. The molecule has 0 rings (SSSR count). The molecule has 0 aliphatic rings. The Balaban J connectivity index is 2.96. The molecule has 11 heavy (non-hydrogen) atoms. The van der Waals surface area contributed by atoms with Crippen LogP contribution in [0, 0.1) is 11.8 Å². The number of hydrogen-bond acceptors (Lipinski definition) is 2. The fourth-order valence-corrected chi connectivity index (χ4v) is 0.489. The van der Waals surface area contributed by atoms with E-state index in [0.29, 0.717) is 26.2 Å². The van der Waals surface area contributed by atoms with Crippen molar-refractivity contribution in [1.29, 1.82) is 0 Å². The molecule has 3 heteroatoms. The summed E-state index contributed by atoms with van der Waals surface area (Å²) in [7, 11) is 0. The van der Waals surface area contributed by atoms with Crippen molar-refractivity contribution in [2.24, 2.45) is 0 Å².